The Kier molecular flexibility index (Phi) is 7.14. The fourth-order valence-electron chi connectivity index (χ4n) is 2.47. The minimum absolute atomic E-state index is 0.124. The van der Waals surface area contributed by atoms with Crippen molar-refractivity contribution >= 4 is 15.8 Å². The van der Waals surface area contributed by atoms with Crippen LogP contribution in [0, 0.1) is 5.82 Å². The number of imidazole rings is 1. The lowest BCUT2D eigenvalue weighted by molar-refractivity contribution is 0.599. The number of hydrogen-bond donors (Lipinski definition) is 2. The van der Waals surface area contributed by atoms with Gasteiger partial charge in [-0.05, 0) is 29.7 Å². The normalized spacial score (nSPS) is 12.2. The summed E-state index contributed by atoms with van der Waals surface area (Å²) in [6.45, 7) is 1.83. The number of benzene rings is 1. The second-order valence-corrected chi connectivity index (χ2v) is 8.13. The van der Waals surface area contributed by atoms with Crippen molar-refractivity contribution in [2.75, 3.05) is 19.8 Å². The van der Waals surface area contributed by atoms with Gasteiger partial charge in [-0.15, -0.1) is 0 Å². The molecule has 2 aromatic rings. The van der Waals surface area contributed by atoms with Crippen molar-refractivity contribution in [1.82, 2.24) is 20.2 Å². The van der Waals surface area contributed by atoms with Crippen molar-refractivity contribution in [2.45, 2.75) is 25.3 Å². The number of aliphatic imine (C=N–C) groups is 1. The minimum atomic E-state index is -3.20. The van der Waals surface area contributed by atoms with Crippen molar-refractivity contribution in [3.63, 3.8) is 0 Å². The first-order chi connectivity index (χ1) is 12.4. The third kappa shape index (κ3) is 6.83. The number of hydrogen-bond acceptors (Lipinski definition) is 4. The first-order valence-electron chi connectivity index (χ1n) is 8.22. The molecular weight excluding hydrogens is 357 g/mol. The number of aromatic nitrogens is 2. The monoisotopic (exact) mass is 381 g/mol. The predicted octanol–water partition coefficient (Wildman–Crippen LogP) is 1.32. The Morgan fingerprint density at radius 2 is 2.12 bits per heavy atom. The zero-order valence-electron chi connectivity index (χ0n) is 14.9. The summed E-state index contributed by atoms with van der Waals surface area (Å²) in [5.41, 5.74) is 1.17. The average Bonchev–Trinajstić information content (AvgIpc) is 3.08. The summed E-state index contributed by atoms with van der Waals surface area (Å²) in [6, 6.07) is 4.13. The summed E-state index contributed by atoms with van der Waals surface area (Å²) >= 11 is 0. The van der Waals surface area contributed by atoms with Crippen LogP contribution in [-0.4, -0.2) is 43.8 Å². The van der Waals surface area contributed by atoms with Crippen molar-refractivity contribution in [2.24, 2.45) is 4.99 Å². The molecule has 1 heterocycles. The molecule has 7 nitrogen and oxygen atoms in total. The molecule has 0 fully saturated rings. The summed E-state index contributed by atoms with van der Waals surface area (Å²) in [4.78, 5) is 8.12. The van der Waals surface area contributed by atoms with Crippen LogP contribution >= 0.6 is 0 Å². The predicted molar refractivity (Wildman–Crippen MR) is 100.0 cm³/mol. The van der Waals surface area contributed by atoms with Crippen LogP contribution in [0.5, 0.6) is 0 Å². The molecule has 0 unspecified atom stereocenters. The molecule has 0 spiro atoms. The fourth-order valence-corrected chi connectivity index (χ4v) is 3.32. The SMILES string of the molecule is CN=C(NCCCn1ccnc1)NCc1cc(F)ccc1CS(C)(=O)=O. The lowest BCUT2D eigenvalue weighted by atomic mass is 10.1. The van der Waals surface area contributed by atoms with E-state index in [9.17, 15) is 12.8 Å². The summed E-state index contributed by atoms with van der Waals surface area (Å²) in [5, 5.41) is 6.27. The number of sulfone groups is 1. The second-order valence-electron chi connectivity index (χ2n) is 5.99. The van der Waals surface area contributed by atoms with Gasteiger partial charge >= 0.3 is 0 Å². The Labute approximate surface area is 153 Å². The topological polar surface area (TPSA) is 88.4 Å². The lowest BCUT2D eigenvalue weighted by Gasteiger charge is -2.14. The third-order valence-electron chi connectivity index (χ3n) is 3.70. The van der Waals surface area contributed by atoms with E-state index in [4.69, 9.17) is 0 Å². The molecule has 9 heteroatoms. The smallest absolute Gasteiger partial charge is 0.191 e. The van der Waals surface area contributed by atoms with Gasteiger partial charge in [0.15, 0.2) is 15.8 Å². The second kappa shape index (κ2) is 9.33. The zero-order chi connectivity index (χ0) is 19.0. The van der Waals surface area contributed by atoms with Gasteiger partial charge in [0.1, 0.15) is 5.82 Å². The van der Waals surface area contributed by atoms with Gasteiger partial charge in [0.25, 0.3) is 0 Å². The number of rotatable bonds is 8. The molecule has 1 aromatic carbocycles. The standard InChI is InChI=1S/C17H24FN5O2S/c1-19-17(21-6-3-8-23-9-7-20-13-23)22-11-15-10-16(18)5-4-14(15)12-26(2,24)25/h4-5,7,9-10,13H,3,6,8,11-12H2,1-2H3,(H2,19,21,22). The van der Waals surface area contributed by atoms with E-state index in [1.54, 1.807) is 19.6 Å². The summed E-state index contributed by atoms with van der Waals surface area (Å²) in [6.07, 6.45) is 7.45. The molecule has 0 atom stereocenters. The molecule has 2 rings (SSSR count). The van der Waals surface area contributed by atoms with E-state index in [2.05, 4.69) is 20.6 Å². The molecule has 1 aromatic heterocycles. The number of nitrogens with zero attached hydrogens (tertiary/aromatic N) is 3. The first-order valence-corrected chi connectivity index (χ1v) is 10.3. The molecule has 26 heavy (non-hydrogen) atoms. The van der Waals surface area contributed by atoms with Crippen LogP contribution in [0.15, 0.2) is 41.9 Å². The van der Waals surface area contributed by atoms with Crippen molar-refractivity contribution in [3.05, 3.63) is 53.9 Å². The van der Waals surface area contributed by atoms with Gasteiger partial charge in [0, 0.05) is 45.3 Å². The van der Waals surface area contributed by atoms with Crippen LogP contribution in [0.3, 0.4) is 0 Å². The van der Waals surface area contributed by atoms with Crippen molar-refractivity contribution in [1.29, 1.82) is 0 Å². The van der Waals surface area contributed by atoms with Gasteiger partial charge in [0.2, 0.25) is 0 Å². The Bertz CT molecular complexity index is 835. The highest BCUT2D eigenvalue weighted by molar-refractivity contribution is 7.89. The quantitative estimate of drug-likeness (QED) is 0.409. The van der Waals surface area contributed by atoms with Crippen LogP contribution < -0.4 is 10.6 Å². The number of nitrogens with one attached hydrogen (secondary N) is 2. The number of halogens is 1. The Hall–Kier alpha value is -2.42. The Morgan fingerprint density at radius 1 is 1.31 bits per heavy atom. The molecule has 0 amide bonds. The molecule has 0 aliphatic rings. The maximum Gasteiger partial charge on any atom is 0.191 e. The van der Waals surface area contributed by atoms with Gasteiger partial charge in [-0.3, -0.25) is 4.99 Å². The molecule has 0 bridgehead atoms. The average molecular weight is 381 g/mol. The maximum atomic E-state index is 13.5. The zero-order valence-corrected chi connectivity index (χ0v) is 15.8. The van der Waals surface area contributed by atoms with Crippen LogP contribution in [0.4, 0.5) is 4.39 Å². The fraction of sp³-hybridized carbons (Fsp3) is 0.412. The van der Waals surface area contributed by atoms with E-state index < -0.39 is 15.7 Å². The molecule has 0 aliphatic carbocycles. The van der Waals surface area contributed by atoms with Gasteiger partial charge in [-0.25, -0.2) is 17.8 Å². The molecule has 0 saturated heterocycles. The Balaban J connectivity index is 1.88. The largest absolute Gasteiger partial charge is 0.356 e. The molecule has 0 radical (unpaired) electrons. The number of guanidine groups is 1. The summed E-state index contributed by atoms with van der Waals surface area (Å²) in [7, 11) is -1.55. The first kappa shape index (κ1) is 19.9. The molecular formula is C17H24FN5O2S. The van der Waals surface area contributed by atoms with Gasteiger partial charge in [0.05, 0.1) is 12.1 Å². The molecule has 0 saturated carbocycles. The van der Waals surface area contributed by atoms with E-state index >= 15 is 0 Å². The molecule has 2 N–H and O–H groups in total. The van der Waals surface area contributed by atoms with Crippen LogP contribution in [0.1, 0.15) is 17.5 Å². The number of aryl methyl sites for hydroxylation is 1. The lowest BCUT2D eigenvalue weighted by Crippen LogP contribution is -2.37. The van der Waals surface area contributed by atoms with Crippen molar-refractivity contribution < 1.29 is 12.8 Å². The Morgan fingerprint density at radius 3 is 2.77 bits per heavy atom. The van der Waals surface area contributed by atoms with Gasteiger partial charge in [-0.1, -0.05) is 6.07 Å². The van der Waals surface area contributed by atoms with Crippen LogP contribution in [0.2, 0.25) is 0 Å². The van der Waals surface area contributed by atoms with Crippen LogP contribution in [-0.2, 0) is 28.7 Å². The maximum absolute atomic E-state index is 13.5. The third-order valence-corrected chi connectivity index (χ3v) is 4.54. The van der Waals surface area contributed by atoms with Gasteiger partial charge in [-0.2, -0.15) is 0 Å². The van der Waals surface area contributed by atoms with E-state index in [-0.39, 0.29) is 12.3 Å². The highest BCUT2D eigenvalue weighted by Gasteiger charge is 2.11. The van der Waals surface area contributed by atoms with Crippen molar-refractivity contribution in [3.8, 4) is 0 Å². The van der Waals surface area contributed by atoms with Crippen LogP contribution in [0.25, 0.3) is 0 Å². The highest BCUT2D eigenvalue weighted by atomic mass is 32.2. The molecule has 142 valence electrons. The minimum Gasteiger partial charge on any atom is -0.356 e. The van der Waals surface area contributed by atoms with E-state index in [1.807, 2.05) is 10.8 Å². The van der Waals surface area contributed by atoms with E-state index in [0.29, 0.717) is 23.6 Å². The summed E-state index contributed by atoms with van der Waals surface area (Å²) in [5.74, 6) is 0.0499. The summed E-state index contributed by atoms with van der Waals surface area (Å²) < 4.78 is 38.6. The molecule has 0 aliphatic heterocycles. The van der Waals surface area contributed by atoms with E-state index in [1.165, 1.54) is 18.2 Å². The van der Waals surface area contributed by atoms with Gasteiger partial charge < -0.3 is 15.2 Å². The van der Waals surface area contributed by atoms with E-state index in [0.717, 1.165) is 19.2 Å². The highest BCUT2D eigenvalue weighted by Crippen LogP contribution is 2.14.